The molecule has 0 fully saturated rings. The molecule has 0 aliphatic heterocycles. The van der Waals surface area contributed by atoms with Crippen molar-refractivity contribution in [1.82, 2.24) is 9.78 Å². The van der Waals surface area contributed by atoms with Gasteiger partial charge in [0.05, 0.1) is 31.7 Å². The molecule has 0 aliphatic rings. The van der Waals surface area contributed by atoms with Crippen molar-refractivity contribution in [3.05, 3.63) is 17.5 Å². The van der Waals surface area contributed by atoms with Crippen LogP contribution in [-0.4, -0.2) is 33.9 Å². The molecule has 0 saturated carbocycles. The van der Waals surface area contributed by atoms with Gasteiger partial charge in [-0.2, -0.15) is 5.10 Å². The van der Waals surface area contributed by atoms with Gasteiger partial charge in [-0.3, -0.25) is 9.48 Å². The third-order valence-corrected chi connectivity index (χ3v) is 2.21. The third kappa shape index (κ3) is 5.45. The van der Waals surface area contributed by atoms with Crippen LogP contribution < -0.4 is 29.3 Å². The van der Waals surface area contributed by atoms with Gasteiger partial charge in [-0.25, -0.2) is 0 Å². The molecular weight excluding hydrogens is 321 g/mol. The van der Waals surface area contributed by atoms with E-state index in [1.165, 1.54) is 0 Å². The van der Waals surface area contributed by atoms with E-state index < -0.39 is 5.97 Å². The van der Waals surface area contributed by atoms with Gasteiger partial charge >= 0.3 is 5.97 Å². The average molecular weight is 339 g/mol. The molecule has 0 aromatic carbocycles. The van der Waals surface area contributed by atoms with Crippen LogP contribution in [-0.2, 0) is 11.3 Å². The SMILES string of the molecule is Cc1cc(C)n(CC[NH2+]CCC(=O)O)n1.[I-]. The number of carboxylic acid groups (broad SMARTS) is 1. The fourth-order valence-electron chi connectivity index (χ4n) is 1.48. The fraction of sp³-hybridized carbons (Fsp3) is 0.600. The van der Waals surface area contributed by atoms with Crippen molar-refractivity contribution < 1.29 is 39.2 Å². The Morgan fingerprint density at radius 2 is 2.19 bits per heavy atom. The summed E-state index contributed by atoms with van der Waals surface area (Å²) in [7, 11) is 0. The second-order valence-corrected chi connectivity index (χ2v) is 3.66. The summed E-state index contributed by atoms with van der Waals surface area (Å²) in [4.78, 5) is 10.3. The molecule has 92 valence electrons. The van der Waals surface area contributed by atoms with Gasteiger partial charge in [0.15, 0.2) is 0 Å². The Kier molecular flexibility index (Phi) is 7.31. The monoisotopic (exact) mass is 339 g/mol. The molecule has 0 atom stereocenters. The second-order valence-electron chi connectivity index (χ2n) is 3.66. The maximum absolute atomic E-state index is 10.3. The zero-order valence-electron chi connectivity index (χ0n) is 9.61. The zero-order valence-corrected chi connectivity index (χ0v) is 11.8. The Labute approximate surface area is 112 Å². The molecule has 0 amide bonds. The predicted molar refractivity (Wildman–Crippen MR) is 55.6 cm³/mol. The highest BCUT2D eigenvalue weighted by Gasteiger charge is 2.02. The molecule has 0 radical (unpaired) electrons. The average Bonchev–Trinajstić information content (AvgIpc) is 2.44. The summed E-state index contributed by atoms with van der Waals surface area (Å²) in [5.74, 6) is -0.739. The van der Waals surface area contributed by atoms with Gasteiger partial charge in [-0.05, 0) is 19.9 Å². The molecule has 3 N–H and O–H groups in total. The lowest BCUT2D eigenvalue weighted by Crippen LogP contribution is -3.00. The molecule has 1 heterocycles. The number of rotatable bonds is 6. The molecule has 16 heavy (non-hydrogen) atoms. The van der Waals surface area contributed by atoms with E-state index in [0.29, 0.717) is 6.54 Å². The van der Waals surface area contributed by atoms with Gasteiger partial charge in [0.25, 0.3) is 0 Å². The third-order valence-electron chi connectivity index (χ3n) is 2.21. The largest absolute Gasteiger partial charge is 1.00 e. The Bertz CT molecular complexity index is 339. The van der Waals surface area contributed by atoms with E-state index in [4.69, 9.17) is 5.11 Å². The number of aliphatic carboxylic acids is 1. The molecule has 1 rings (SSSR count). The number of nitrogens with zero attached hydrogens (tertiary/aromatic N) is 2. The first kappa shape index (κ1) is 15.4. The number of carbonyl (C=O) groups is 1. The Morgan fingerprint density at radius 3 is 2.69 bits per heavy atom. The van der Waals surface area contributed by atoms with Crippen LogP contribution in [0.2, 0.25) is 0 Å². The topological polar surface area (TPSA) is 71.7 Å². The maximum Gasteiger partial charge on any atom is 0.309 e. The van der Waals surface area contributed by atoms with Gasteiger partial charge < -0.3 is 34.4 Å². The van der Waals surface area contributed by atoms with E-state index in [9.17, 15) is 4.79 Å². The van der Waals surface area contributed by atoms with E-state index >= 15 is 0 Å². The molecule has 0 saturated heterocycles. The van der Waals surface area contributed by atoms with Crippen molar-refractivity contribution in [3.8, 4) is 0 Å². The van der Waals surface area contributed by atoms with Crippen LogP contribution in [0.3, 0.4) is 0 Å². The molecule has 0 spiro atoms. The van der Waals surface area contributed by atoms with Gasteiger partial charge in [0.2, 0.25) is 0 Å². The van der Waals surface area contributed by atoms with Crippen molar-refractivity contribution in [2.24, 2.45) is 0 Å². The minimum absolute atomic E-state index is 0. The lowest BCUT2D eigenvalue weighted by Gasteiger charge is -2.02. The Hall–Kier alpha value is -0.630. The molecular formula is C10H18IN3O2. The quantitative estimate of drug-likeness (QED) is 0.418. The van der Waals surface area contributed by atoms with Gasteiger partial charge in [0, 0.05) is 5.69 Å². The van der Waals surface area contributed by atoms with Crippen LogP contribution in [0.1, 0.15) is 17.8 Å². The summed E-state index contributed by atoms with van der Waals surface area (Å²) >= 11 is 0. The highest BCUT2D eigenvalue weighted by atomic mass is 127. The van der Waals surface area contributed by atoms with Crippen LogP contribution in [0.25, 0.3) is 0 Å². The molecule has 0 unspecified atom stereocenters. The highest BCUT2D eigenvalue weighted by Crippen LogP contribution is 1.99. The summed E-state index contributed by atoms with van der Waals surface area (Å²) in [6, 6.07) is 2.04. The number of hydrogen-bond acceptors (Lipinski definition) is 2. The van der Waals surface area contributed by atoms with Crippen molar-refractivity contribution in [1.29, 1.82) is 0 Å². The Balaban J connectivity index is 0.00000225. The summed E-state index contributed by atoms with van der Waals surface area (Å²) in [6.45, 7) is 6.33. The number of carboxylic acids is 1. The van der Waals surface area contributed by atoms with E-state index in [-0.39, 0.29) is 30.4 Å². The first-order chi connectivity index (χ1) is 7.09. The number of quaternary nitrogens is 1. The highest BCUT2D eigenvalue weighted by molar-refractivity contribution is 5.66. The predicted octanol–water partition coefficient (Wildman–Crippen LogP) is -3.46. The van der Waals surface area contributed by atoms with Crippen LogP contribution in [0.15, 0.2) is 6.07 Å². The summed E-state index contributed by atoms with van der Waals surface area (Å²) in [6.07, 6.45) is 0.219. The molecule has 6 heteroatoms. The normalized spacial score (nSPS) is 9.88. The van der Waals surface area contributed by atoms with Gasteiger partial charge in [0.1, 0.15) is 0 Å². The number of aromatic nitrogens is 2. The van der Waals surface area contributed by atoms with E-state index in [1.807, 2.05) is 29.9 Å². The molecule has 1 aromatic rings. The number of nitrogens with two attached hydrogens (primary N) is 1. The van der Waals surface area contributed by atoms with Crippen LogP contribution in [0.4, 0.5) is 0 Å². The second kappa shape index (κ2) is 7.61. The Morgan fingerprint density at radius 1 is 1.50 bits per heavy atom. The number of hydrogen-bond donors (Lipinski definition) is 2. The van der Waals surface area contributed by atoms with Gasteiger partial charge in [-0.15, -0.1) is 0 Å². The standard InChI is InChI=1S/C10H17N3O2.HI/c1-8-7-9(2)13(12-8)6-5-11-4-3-10(14)15;/h7,11H,3-6H2,1-2H3,(H,14,15);1H. The first-order valence-corrected chi connectivity index (χ1v) is 5.14. The van der Waals surface area contributed by atoms with Crippen molar-refractivity contribution in [2.45, 2.75) is 26.8 Å². The summed E-state index contributed by atoms with van der Waals surface area (Å²) in [5, 5.41) is 14.8. The number of halogens is 1. The van der Waals surface area contributed by atoms with Gasteiger partial charge in [-0.1, -0.05) is 0 Å². The molecule has 0 aliphatic carbocycles. The van der Waals surface area contributed by atoms with E-state index in [2.05, 4.69) is 5.10 Å². The molecule has 5 nitrogen and oxygen atoms in total. The maximum atomic E-state index is 10.3. The zero-order chi connectivity index (χ0) is 11.3. The molecule has 0 bridgehead atoms. The van der Waals surface area contributed by atoms with E-state index in [1.54, 1.807) is 0 Å². The summed E-state index contributed by atoms with van der Waals surface area (Å²) < 4.78 is 1.95. The van der Waals surface area contributed by atoms with Crippen molar-refractivity contribution >= 4 is 5.97 Å². The lowest BCUT2D eigenvalue weighted by atomic mass is 10.4. The van der Waals surface area contributed by atoms with Crippen LogP contribution in [0.5, 0.6) is 0 Å². The minimum Gasteiger partial charge on any atom is -1.00 e. The van der Waals surface area contributed by atoms with Crippen molar-refractivity contribution in [2.75, 3.05) is 13.1 Å². The fourth-order valence-corrected chi connectivity index (χ4v) is 1.48. The molecule has 1 aromatic heterocycles. The smallest absolute Gasteiger partial charge is 0.309 e. The minimum atomic E-state index is -0.739. The first-order valence-electron chi connectivity index (χ1n) is 5.14. The number of aryl methyl sites for hydroxylation is 2. The van der Waals surface area contributed by atoms with Crippen molar-refractivity contribution in [3.63, 3.8) is 0 Å². The van der Waals surface area contributed by atoms with Crippen LogP contribution in [0, 0.1) is 13.8 Å². The summed E-state index contributed by atoms with van der Waals surface area (Å²) in [5.41, 5.74) is 2.18. The van der Waals surface area contributed by atoms with E-state index in [0.717, 1.165) is 24.5 Å². The van der Waals surface area contributed by atoms with Crippen LogP contribution >= 0.6 is 0 Å². The lowest BCUT2D eigenvalue weighted by molar-refractivity contribution is -0.654.